The number of amides is 2. The van der Waals surface area contributed by atoms with Crippen molar-refractivity contribution >= 4 is 23.4 Å². The van der Waals surface area contributed by atoms with E-state index >= 15 is 0 Å². The topological polar surface area (TPSA) is 55.4 Å². The van der Waals surface area contributed by atoms with Gasteiger partial charge >= 0.3 is 0 Å². The number of imide groups is 1. The first-order chi connectivity index (χ1) is 9.46. The second-order valence-corrected chi connectivity index (χ2v) is 5.91. The molecular formula is C15H18ClNO3. The quantitative estimate of drug-likeness (QED) is 0.868. The minimum Gasteiger partial charge on any atom is -0.385 e. The maximum atomic E-state index is 12.3. The summed E-state index contributed by atoms with van der Waals surface area (Å²) in [7, 11) is 1.61. The normalized spacial score (nSPS) is 26.4. The number of carbonyl (C=O) groups is 2. The van der Waals surface area contributed by atoms with Crippen LogP contribution in [0.25, 0.3) is 0 Å². The number of benzene rings is 1. The summed E-state index contributed by atoms with van der Waals surface area (Å²) >= 11 is 6.01. The van der Waals surface area contributed by atoms with Crippen LogP contribution in [-0.4, -0.2) is 25.5 Å². The summed E-state index contributed by atoms with van der Waals surface area (Å²) in [4.78, 5) is 24.0. The lowest BCUT2D eigenvalue weighted by atomic mass is 9.67. The number of carbonyl (C=O) groups excluding carboxylic acids is 2. The summed E-state index contributed by atoms with van der Waals surface area (Å²) in [6, 6.07) is 7.24. The number of rotatable bonds is 4. The Bertz CT molecular complexity index is 532. The number of methoxy groups -OCH3 is 1. The molecule has 1 heterocycles. The van der Waals surface area contributed by atoms with Gasteiger partial charge in [-0.15, -0.1) is 0 Å². The third kappa shape index (κ3) is 3.02. The fourth-order valence-electron chi connectivity index (χ4n) is 2.85. The first kappa shape index (κ1) is 15.0. The van der Waals surface area contributed by atoms with Crippen LogP contribution < -0.4 is 5.32 Å². The summed E-state index contributed by atoms with van der Waals surface area (Å²) in [5.74, 6) is -0.886. The van der Waals surface area contributed by atoms with Gasteiger partial charge in [-0.3, -0.25) is 14.9 Å². The van der Waals surface area contributed by atoms with E-state index in [2.05, 4.69) is 5.32 Å². The molecule has 4 nitrogen and oxygen atoms in total. The van der Waals surface area contributed by atoms with Crippen LogP contribution >= 0.6 is 11.6 Å². The molecule has 2 unspecified atom stereocenters. The van der Waals surface area contributed by atoms with Gasteiger partial charge in [-0.25, -0.2) is 0 Å². The van der Waals surface area contributed by atoms with Crippen molar-refractivity contribution in [2.24, 2.45) is 5.41 Å². The monoisotopic (exact) mass is 295 g/mol. The fraction of sp³-hybridized carbons (Fsp3) is 0.467. The third-order valence-corrected chi connectivity index (χ3v) is 4.08. The van der Waals surface area contributed by atoms with Gasteiger partial charge in [0.05, 0.1) is 5.92 Å². The summed E-state index contributed by atoms with van der Waals surface area (Å²) in [6.07, 6.45) is 0.944. The lowest BCUT2D eigenvalue weighted by Gasteiger charge is -2.40. The maximum absolute atomic E-state index is 12.3. The Morgan fingerprint density at radius 3 is 2.85 bits per heavy atom. The Morgan fingerprint density at radius 1 is 1.45 bits per heavy atom. The van der Waals surface area contributed by atoms with Crippen LogP contribution in [0.4, 0.5) is 0 Å². The standard InChI is InChI=1S/C15H18ClNO3/c1-15(6-7-20-2)9-12(18)17-14(19)13(15)10-4-3-5-11(16)8-10/h3-5,8,13H,6-7,9H2,1-2H3,(H,17,18,19). The molecule has 1 aliphatic rings. The molecule has 20 heavy (non-hydrogen) atoms. The molecule has 1 aromatic rings. The highest BCUT2D eigenvalue weighted by molar-refractivity contribution is 6.30. The van der Waals surface area contributed by atoms with E-state index in [1.807, 2.05) is 19.1 Å². The average Bonchev–Trinajstić information content (AvgIpc) is 2.35. The van der Waals surface area contributed by atoms with Crippen molar-refractivity contribution in [1.29, 1.82) is 0 Å². The average molecular weight is 296 g/mol. The molecule has 5 heteroatoms. The SMILES string of the molecule is COCCC1(C)CC(=O)NC(=O)C1c1cccc(Cl)c1. The molecule has 0 aliphatic carbocycles. The van der Waals surface area contributed by atoms with Crippen LogP contribution in [0.1, 0.15) is 31.2 Å². The van der Waals surface area contributed by atoms with E-state index in [1.54, 1.807) is 19.2 Å². The number of hydrogen-bond acceptors (Lipinski definition) is 3. The zero-order chi connectivity index (χ0) is 14.8. The van der Waals surface area contributed by atoms with E-state index in [1.165, 1.54) is 0 Å². The van der Waals surface area contributed by atoms with E-state index in [0.717, 1.165) is 5.56 Å². The highest BCUT2D eigenvalue weighted by Gasteiger charge is 2.45. The summed E-state index contributed by atoms with van der Waals surface area (Å²) in [6.45, 7) is 2.46. The largest absolute Gasteiger partial charge is 0.385 e. The second-order valence-electron chi connectivity index (χ2n) is 5.47. The molecule has 1 aliphatic heterocycles. The Labute approximate surface area is 123 Å². The zero-order valence-corrected chi connectivity index (χ0v) is 12.4. The first-order valence-electron chi connectivity index (χ1n) is 6.54. The zero-order valence-electron chi connectivity index (χ0n) is 11.6. The molecule has 0 saturated carbocycles. The summed E-state index contributed by atoms with van der Waals surface area (Å²) in [5, 5.41) is 3.00. The number of ether oxygens (including phenoxy) is 1. The molecule has 2 rings (SSSR count). The van der Waals surface area contributed by atoms with Gasteiger partial charge < -0.3 is 4.74 Å². The molecule has 0 spiro atoms. The molecular weight excluding hydrogens is 278 g/mol. The molecule has 2 amide bonds. The van der Waals surface area contributed by atoms with Gasteiger partial charge in [0.1, 0.15) is 0 Å². The number of hydrogen-bond donors (Lipinski definition) is 1. The predicted octanol–water partition coefficient (Wildman–Crippen LogP) is 2.51. The van der Waals surface area contributed by atoms with E-state index in [4.69, 9.17) is 16.3 Å². The molecule has 0 aromatic heterocycles. The second kappa shape index (κ2) is 5.94. The Balaban J connectivity index is 2.39. The Hall–Kier alpha value is -1.39. The summed E-state index contributed by atoms with van der Waals surface area (Å²) in [5.41, 5.74) is 0.376. The number of nitrogens with one attached hydrogen (secondary N) is 1. The van der Waals surface area contributed by atoms with Crippen LogP contribution in [0.15, 0.2) is 24.3 Å². The van der Waals surface area contributed by atoms with E-state index in [0.29, 0.717) is 24.5 Å². The Morgan fingerprint density at radius 2 is 2.20 bits per heavy atom. The molecule has 1 saturated heterocycles. The molecule has 0 radical (unpaired) electrons. The van der Waals surface area contributed by atoms with E-state index in [9.17, 15) is 9.59 Å². The maximum Gasteiger partial charge on any atom is 0.234 e. The predicted molar refractivity (Wildman–Crippen MR) is 76.6 cm³/mol. The van der Waals surface area contributed by atoms with Gasteiger partial charge in [-0.05, 0) is 29.5 Å². The van der Waals surface area contributed by atoms with Crippen LogP contribution in [0, 0.1) is 5.41 Å². The lowest BCUT2D eigenvalue weighted by Crippen LogP contribution is -2.49. The first-order valence-corrected chi connectivity index (χ1v) is 6.92. The van der Waals surface area contributed by atoms with Crippen molar-refractivity contribution in [2.75, 3.05) is 13.7 Å². The molecule has 108 valence electrons. The highest BCUT2D eigenvalue weighted by atomic mass is 35.5. The molecule has 2 atom stereocenters. The van der Waals surface area contributed by atoms with Crippen LogP contribution in [-0.2, 0) is 14.3 Å². The van der Waals surface area contributed by atoms with Gasteiger partial charge in [0, 0.05) is 25.2 Å². The van der Waals surface area contributed by atoms with Crippen LogP contribution in [0.3, 0.4) is 0 Å². The van der Waals surface area contributed by atoms with E-state index in [-0.39, 0.29) is 11.8 Å². The van der Waals surface area contributed by atoms with Crippen LogP contribution in [0.2, 0.25) is 5.02 Å². The summed E-state index contributed by atoms with van der Waals surface area (Å²) < 4.78 is 5.12. The van der Waals surface area contributed by atoms with Gasteiger partial charge in [-0.1, -0.05) is 30.7 Å². The molecule has 1 aromatic carbocycles. The van der Waals surface area contributed by atoms with Crippen LogP contribution in [0.5, 0.6) is 0 Å². The van der Waals surface area contributed by atoms with Crippen molar-refractivity contribution in [3.8, 4) is 0 Å². The molecule has 1 N–H and O–H groups in total. The van der Waals surface area contributed by atoms with Gasteiger partial charge in [0.15, 0.2) is 0 Å². The number of halogens is 1. The number of piperidine rings is 1. The van der Waals surface area contributed by atoms with Gasteiger partial charge in [-0.2, -0.15) is 0 Å². The molecule has 0 bridgehead atoms. The molecule has 1 fully saturated rings. The van der Waals surface area contributed by atoms with E-state index < -0.39 is 11.3 Å². The Kier molecular flexibility index (Phi) is 4.45. The van der Waals surface area contributed by atoms with Crippen molar-refractivity contribution in [3.05, 3.63) is 34.9 Å². The lowest BCUT2D eigenvalue weighted by molar-refractivity contribution is -0.140. The fourth-order valence-corrected chi connectivity index (χ4v) is 3.05. The van der Waals surface area contributed by atoms with Crippen molar-refractivity contribution in [3.63, 3.8) is 0 Å². The minimum atomic E-state index is -0.458. The van der Waals surface area contributed by atoms with Crippen molar-refractivity contribution in [1.82, 2.24) is 5.32 Å². The third-order valence-electron chi connectivity index (χ3n) is 3.85. The van der Waals surface area contributed by atoms with Crippen molar-refractivity contribution in [2.45, 2.75) is 25.7 Å². The van der Waals surface area contributed by atoms with Gasteiger partial charge in [0.25, 0.3) is 0 Å². The minimum absolute atomic E-state index is 0.230. The smallest absolute Gasteiger partial charge is 0.234 e. The highest BCUT2D eigenvalue weighted by Crippen LogP contribution is 2.44. The van der Waals surface area contributed by atoms with Crippen molar-refractivity contribution < 1.29 is 14.3 Å². The van der Waals surface area contributed by atoms with Gasteiger partial charge in [0.2, 0.25) is 11.8 Å².